The Morgan fingerprint density at radius 1 is 1.14 bits per heavy atom. The summed E-state index contributed by atoms with van der Waals surface area (Å²) in [5.41, 5.74) is 3.07. The first kappa shape index (κ1) is 16.8. The molecule has 0 bridgehead atoms. The molecule has 0 saturated carbocycles. The summed E-state index contributed by atoms with van der Waals surface area (Å²) in [6, 6.07) is 13.9. The molecule has 4 heteroatoms. The van der Waals surface area contributed by atoms with E-state index in [-0.39, 0.29) is 5.91 Å². The van der Waals surface area contributed by atoms with Crippen LogP contribution in [0.1, 0.15) is 24.0 Å². The van der Waals surface area contributed by atoms with Crippen molar-refractivity contribution in [1.29, 1.82) is 0 Å². The van der Waals surface area contributed by atoms with Crippen molar-refractivity contribution in [3.8, 4) is 5.75 Å². The Labute approximate surface area is 145 Å². The number of aryl methyl sites for hydroxylation is 2. The SMILES string of the molecule is Cc1cc(I)ccc1NC(=O)CCCOc1ccccc1C. The number of benzene rings is 2. The number of nitrogens with one attached hydrogen (secondary N) is 1. The van der Waals surface area contributed by atoms with E-state index >= 15 is 0 Å². The Bertz CT molecular complexity index is 655. The average molecular weight is 409 g/mol. The molecule has 116 valence electrons. The van der Waals surface area contributed by atoms with E-state index in [2.05, 4.69) is 34.0 Å². The van der Waals surface area contributed by atoms with Gasteiger partial charge in [-0.15, -0.1) is 0 Å². The van der Waals surface area contributed by atoms with Gasteiger partial charge in [0.15, 0.2) is 0 Å². The maximum absolute atomic E-state index is 12.0. The number of carbonyl (C=O) groups excluding carboxylic acids is 1. The molecule has 0 unspecified atom stereocenters. The second kappa shape index (κ2) is 8.17. The minimum absolute atomic E-state index is 0.0256. The molecule has 0 spiro atoms. The Kier molecular flexibility index (Phi) is 6.24. The van der Waals surface area contributed by atoms with Crippen molar-refractivity contribution < 1.29 is 9.53 Å². The molecule has 0 aliphatic carbocycles. The van der Waals surface area contributed by atoms with Crippen molar-refractivity contribution >= 4 is 34.2 Å². The van der Waals surface area contributed by atoms with E-state index < -0.39 is 0 Å². The third-order valence-electron chi connectivity index (χ3n) is 3.36. The standard InChI is InChI=1S/C18H20INO2/c1-13-6-3-4-7-17(13)22-11-5-8-18(21)20-16-10-9-15(19)12-14(16)2/h3-4,6-7,9-10,12H,5,8,11H2,1-2H3,(H,20,21). The Hall–Kier alpha value is -1.56. The van der Waals surface area contributed by atoms with E-state index in [1.807, 2.05) is 50.2 Å². The largest absolute Gasteiger partial charge is 0.493 e. The van der Waals surface area contributed by atoms with E-state index in [1.165, 1.54) is 3.57 Å². The predicted octanol–water partition coefficient (Wildman–Crippen LogP) is 4.71. The van der Waals surface area contributed by atoms with Gasteiger partial charge < -0.3 is 10.1 Å². The number of halogens is 1. The van der Waals surface area contributed by atoms with Crippen molar-refractivity contribution in [3.63, 3.8) is 0 Å². The lowest BCUT2D eigenvalue weighted by Crippen LogP contribution is -2.13. The van der Waals surface area contributed by atoms with Crippen LogP contribution in [0.4, 0.5) is 5.69 Å². The van der Waals surface area contributed by atoms with Gasteiger partial charge >= 0.3 is 0 Å². The van der Waals surface area contributed by atoms with Gasteiger partial charge in [-0.05, 0) is 78.3 Å². The van der Waals surface area contributed by atoms with E-state index in [4.69, 9.17) is 4.74 Å². The van der Waals surface area contributed by atoms with Crippen molar-refractivity contribution in [2.75, 3.05) is 11.9 Å². The molecular weight excluding hydrogens is 389 g/mol. The summed E-state index contributed by atoms with van der Waals surface area (Å²) in [6.07, 6.45) is 1.15. The van der Waals surface area contributed by atoms with Gasteiger partial charge in [0.05, 0.1) is 6.61 Å². The summed E-state index contributed by atoms with van der Waals surface area (Å²) in [5, 5.41) is 2.95. The maximum Gasteiger partial charge on any atom is 0.224 e. The molecule has 2 rings (SSSR count). The maximum atomic E-state index is 12.0. The Morgan fingerprint density at radius 3 is 2.64 bits per heavy atom. The average Bonchev–Trinajstić information content (AvgIpc) is 2.48. The second-order valence-corrected chi connectivity index (χ2v) is 6.47. The first-order chi connectivity index (χ1) is 10.6. The van der Waals surface area contributed by atoms with Gasteiger partial charge in [0.2, 0.25) is 5.91 Å². The molecular formula is C18H20INO2. The number of carbonyl (C=O) groups is 1. The number of ether oxygens (including phenoxy) is 1. The fraction of sp³-hybridized carbons (Fsp3) is 0.278. The van der Waals surface area contributed by atoms with Crippen LogP contribution >= 0.6 is 22.6 Å². The fourth-order valence-electron chi connectivity index (χ4n) is 2.11. The molecule has 0 aliphatic rings. The lowest BCUT2D eigenvalue weighted by Gasteiger charge is -2.10. The summed E-state index contributed by atoms with van der Waals surface area (Å²) in [5.74, 6) is 0.911. The van der Waals surface area contributed by atoms with Crippen LogP contribution in [0, 0.1) is 17.4 Å². The van der Waals surface area contributed by atoms with Gasteiger partial charge in [0.25, 0.3) is 0 Å². The number of anilines is 1. The quantitative estimate of drug-likeness (QED) is 0.555. The number of amides is 1. The molecule has 0 aliphatic heterocycles. The predicted molar refractivity (Wildman–Crippen MR) is 98.4 cm³/mol. The Morgan fingerprint density at radius 2 is 1.91 bits per heavy atom. The van der Waals surface area contributed by atoms with Crippen molar-refractivity contribution in [2.45, 2.75) is 26.7 Å². The summed E-state index contributed by atoms with van der Waals surface area (Å²) in [6.45, 7) is 4.56. The lowest BCUT2D eigenvalue weighted by atomic mass is 10.2. The van der Waals surface area contributed by atoms with Crippen molar-refractivity contribution in [1.82, 2.24) is 0 Å². The molecule has 2 aromatic rings. The minimum Gasteiger partial charge on any atom is -0.493 e. The summed E-state index contributed by atoms with van der Waals surface area (Å²) in [4.78, 5) is 12.0. The highest BCUT2D eigenvalue weighted by atomic mass is 127. The van der Waals surface area contributed by atoms with E-state index in [0.717, 1.165) is 22.6 Å². The van der Waals surface area contributed by atoms with E-state index in [9.17, 15) is 4.79 Å². The highest BCUT2D eigenvalue weighted by Crippen LogP contribution is 2.18. The topological polar surface area (TPSA) is 38.3 Å². The Balaban J connectivity index is 1.75. The van der Waals surface area contributed by atoms with Gasteiger partial charge in [-0.25, -0.2) is 0 Å². The van der Waals surface area contributed by atoms with Gasteiger partial charge in [0, 0.05) is 15.7 Å². The minimum atomic E-state index is 0.0256. The molecule has 0 fully saturated rings. The number of para-hydroxylation sites is 1. The normalized spacial score (nSPS) is 10.3. The molecule has 0 saturated heterocycles. The van der Waals surface area contributed by atoms with Crippen molar-refractivity contribution in [3.05, 3.63) is 57.2 Å². The molecule has 0 atom stereocenters. The van der Waals surface area contributed by atoms with E-state index in [1.54, 1.807) is 0 Å². The monoisotopic (exact) mass is 409 g/mol. The highest BCUT2D eigenvalue weighted by molar-refractivity contribution is 14.1. The summed E-state index contributed by atoms with van der Waals surface area (Å²) < 4.78 is 6.86. The van der Waals surface area contributed by atoms with Gasteiger partial charge in [0.1, 0.15) is 5.75 Å². The second-order valence-electron chi connectivity index (χ2n) is 5.22. The third-order valence-corrected chi connectivity index (χ3v) is 4.03. The van der Waals surface area contributed by atoms with Crippen LogP contribution in [0.25, 0.3) is 0 Å². The molecule has 0 heterocycles. The molecule has 3 nitrogen and oxygen atoms in total. The molecule has 1 amide bonds. The van der Waals surface area contributed by atoms with Gasteiger partial charge in [-0.2, -0.15) is 0 Å². The van der Waals surface area contributed by atoms with Crippen LogP contribution in [-0.2, 0) is 4.79 Å². The van der Waals surface area contributed by atoms with Crippen molar-refractivity contribution in [2.24, 2.45) is 0 Å². The van der Waals surface area contributed by atoms with Gasteiger partial charge in [-0.3, -0.25) is 4.79 Å². The molecule has 2 aromatic carbocycles. The van der Waals surface area contributed by atoms with E-state index in [0.29, 0.717) is 19.4 Å². The first-order valence-corrected chi connectivity index (χ1v) is 8.38. The summed E-state index contributed by atoms with van der Waals surface area (Å²) >= 11 is 2.26. The lowest BCUT2D eigenvalue weighted by molar-refractivity contribution is -0.116. The highest BCUT2D eigenvalue weighted by Gasteiger charge is 2.05. The van der Waals surface area contributed by atoms with Crippen LogP contribution < -0.4 is 10.1 Å². The zero-order valence-corrected chi connectivity index (χ0v) is 15.0. The van der Waals surface area contributed by atoms with Crippen LogP contribution in [0.3, 0.4) is 0 Å². The third kappa shape index (κ3) is 5.02. The first-order valence-electron chi connectivity index (χ1n) is 7.30. The van der Waals surface area contributed by atoms with Crippen LogP contribution in [0.2, 0.25) is 0 Å². The zero-order chi connectivity index (χ0) is 15.9. The molecule has 1 N–H and O–H groups in total. The number of hydrogen-bond donors (Lipinski definition) is 1. The summed E-state index contributed by atoms with van der Waals surface area (Å²) in [7, 11) is 0. The van der Waals surface area contributed by atoms with Crippen LogP contribution in [0.15, 0.2) is 42.5 Å². The smallest absolute Gasteiger partial charge is 0.224 e. The van der Waals surface area contributed by atoms with Crippen LogP contribution in [-0.4, -0.2) is 12.5 Å². The molecule has 0 aromatic heterocycles. The molecule has 0 radical (unpaired) electrons. The van der Waals surface area contributed by atoms with Crippen LogP contribution in [0.5, 0.6) is 5.75 Å². The van der Waals surface area contributed by atoms with Gasteiger partial charge in [-0.1, -0.05) is 18.2 Å². The number of rotatable bonds is 6. The zero-order valence-electron chi connectivity index (χ0n) is 12.9. The molecule has 22 heavy (non-hydrogen) atoms. The fourth-order valence-corrected chi connectivity index (χ4v) is 2.76. The number of hydrogen-bond acceptors (Lipinski definition) is 2.